The van der Waals surface area contributed by atoms with Crippen molar-refractivity contribution in [3.05, 3.63) is 48.5 Å². The molecule has 1 atom stereocenters. The highest BCUT2D eigenvalue weighted by Crippen LogP contribution is 2.25. The van der Waals surface area contributed by atoms with E-state index in [0.29, 0.717) is 5.89 Å². The Morgan fingerprint density at radius 2 is 1.91 bits per heavy atom. The van der Waals surface area contributed by atoms with Crippen LogP contribution < -0.4 is 5.32 Å². The van der Waals surface area contributed by atoms with Crippen LogP contribution >= 0.6 is 0 Å². The number of nitrogens with zero attached hydrogens (tertiary/aromatic N) is 1. The number of hydrogen-bond acceptors (Lipinski definition) is 3. The molecule has 0 radical (unpaired) electrons. The third-order valence-electron chi connectivity index (χ3n) is 3.75. The average molecular weight is 294 g/mol. The molecule has 4 heteroatoms. The molecule has 0 bridgehead atoms. The quantitative estimate of drug-likeness (QED) is 0.772. The molecule has 3 aromatic rings. The number of anilines is 1. The van der Waals surface area contributed by atoms with Crippen molar-refractivity contribution in [2.75, 3.05) is 5.32 Å². The fourth-order valence-electron chi connectivity index (χ4n) is 2.14. The number of benzene rings is 2. The van der Waals surface area contributed by atoms with Gasteiger partial charge in [-0.1, -0.05) is 26.0 Å². The van der Waals surface area contributed by atoms with Gasteiger partial charge in [-0.05, 0) is 42.8 Å². The van der Waals surface area contributed by atoms with Crippen molar-refractivity contribution in [2.45, 2.75) is 20.3 Å². The number of amides is 1. The third kappa shape index (κ3) is 2.86. The zero-order valence-corrected chi connectivity index (χ0v) is 12.7. The molecular formula is C18H18N2O2. The van der Waals surface area contributed by atoms with Gasteiger partial charge in [0.1, 0.15) is 5.52 Å². The Labute approximate surface area is 129 Å². The van der Waals surface area contributed by atoms with Crippen molar-refractivity contribution in [2.24, 2.45) is 5.92 Å². The highest BCUT2D eigenvalue weighted by Gasteiger charge is 2.11. The van der Waals surface area contributed by atoms with Crippen molar-refractivity contribution in [3.63, 3.8) is 0 Å². The first kappa shape index (κ1) is 14.3. The lowest BCUT2D eigenvalue weighted by Gasteiger charge is -2.09. The maximum Gasteiger partial charge on any atom is 0.227 e. The Bertz CT molecular complexity index is 757. The smallest absolute Gasteiger partial charge is 0.227 e. The van der Waals surface area contributed by atoms with Crippen LogP contribution in [-0.4, -0.2) is 10.9 Å². The topological polar surface area (TPSA) is 55.1 Å². The first-order valence-corrected chi connectivity index (χ1v) is 7.44. The number of nitrogens with one attached hydrogen (secondary N) is 1. The van der Waals surface area contributed by atoms with Crippen molar-refractivity contribution >= 4 is 22.7 Å². The normalized spacial score (nSPS) is 12.3. The maximum absolute atomic E-state index is 11.9. The zero-order valence-electron chi connectivity index (χ0n) is 12.7. The summed E-state index contributed by atoms with van der Waals surface area (Å²) in [7, 11) is 0. The lowest BCUT2D eigenvalue weighted by atomic mass is 10.1. The molecule has 0 saturated heterocycles. The van der Waals surface area contributed by atoms with E-state index in [4.69, 9.17) is 4.42 Å². The van der Waals surface area contributed by atoms with Gasteiger partial charge in [-0.3, -0.25) is 4.79 Å². The molecule has 3 rings (SSSR count). The molecule has 0 aliphatic rings. The van der Waals surface area contributed by atoms with Crippen LogP contribution in [0.2, 0.25) is 0 Å². The minimum absolute atomic E-state index is 0.0108. The van der Waals surface area contributed by atoms with Crippen LogP contribution in [-0.2, 0) is 4.79 Å². The van der Waals surface area contributed by atoms with Crippen molar-refractivity contribution in [1.82, 2.24) is 4.98 Å². The Morgan fingerprint density at radius 3 is 2.59 bits per heavy atom. The van der Waals surface area contributed by atoms with Crippen LogP contribution in [0.4, 0.5) is 5.69 Å². The molecule has 1 heterocycles. The standard InChI is InChI=1S/C18H18N2O2/c1-3-12(2)17(21)19-14-10-8-13(9-11-14)18-20-15-6-4-5-7-16(15)22-18/h4-12H,3H2,1-2H3,(H,19,21)/t12-/m0/s1. The molecule has 22 heavy (non-hydrogen) atoms. The Morgan fingerprint density at radius 1 is 1.18 bits per heavy atom. The van der Waals surface area contributed by atoms with Crippen molar-refractivity contribution < 1.29 is 9.21 Å². The number of fused-ring (bicyclic) bond motifs is 1. The molecule has 0 fully saturated rings. The second-order valence-corrected chi connectivity index (χ2v) is 5.36. The van der Waals surface area contributed by atoms with Gasteiger partial charge in [-0.25, -0.2) is 4.98 Å². The van der Waals surface area contributed by atoms with E-state index in [1.807, 2.05) is 62.4 Å². The predicted molar refractivity (Wildman–Crippen MR) is 87.5 cm³/mol. The first-order chi connectivity index (χ1) is 10.7. The van der Waals surface area contributed by atoms with E-state index in [0.717, 1.165) is 28.8 Å². The summed E-state index contributed by atoms with van der Waals surface area (Å²) in [6.07, 6.45) is 0.826. The molecular weight excluding hydrogens is 276 g/mol. The highest BCUT2D eigenvalue weighted by atomic mass is 16.3. The van der Waals surface area contributed by atoms with E-state index < -0.39 is 0 Å². The highest BCUT2D eigenvalue weighted by molar-refractivity contribution is 5.92. The molecule has 4 nitrogen and oxygen atoms in total. The van der Waals surface area contributed by atoms with Gasteiger partial charge in [0.25, 0.3) is 0 Å². The molecule has 1 amide bonds. The minimum Gasteiger partial charge on any atom is -0.436 e. The molecule has 1 aromatic heterocycles. The van der Waals surface area contributed by atoms with Gasteiger partial charge in [0, 0.05) is 17.2 Å². The van der Waals surface area contributed by atoms with E-state index in [1.165, 1.54) is 0 Å². The monoisotopic (exact) mass is 294 g/mol. The van der Waals surface area contributed by atoms with Gasteiger partial charge in [-0.15, -0.1) is 0 Å². The van der Waals surface area contributed by atoms with Gasteiger partial charge < -0.3 is 9.73 Å². The van der Waals surface area contributed by atoms with Gasteiger partial charge in [0.2, 0.25) is 11.8 Å². The fraction of sp³-hybridized carbons (Fsp3) is 0.222. The molecule has 0 aliphatic heterocycles. The van der Waals surface area contributed by atoms with E-state index in [9.17, 15) is 4.79 Å². The van der Waals surface area contributed by atoms with Crippen LogP contribution in [0.5, 0.6) is 0 Å². The van der Waals surface area contributed by atoms with E-state index in [1.54, 1.807) is 0 Å². The number of para-hydroxylation sites is 2. The minimum atomic E-state index is 0.0108. The summed E-state index contributed by atoms with van der Waals surface area (Å²) in [5.74, 6) is 0.634. The maximum atomic E-state index is 11.9. The van der Waals surface area contributed by atoms with Gasteiger partial charge in [0.05, 0.1) is 0 Å². The summed E-state index contributed by atoms with van der Waals surface area (Å²) in [5.41, 5.74) is 3.28. The van der Waals surface area contributed by atoms with Crippen LogP contribution in [0.25, 0.3) is 22.6 Å². The van der Waals surface area contributed by atoms with E-state index in [2.05, 4.69) is 10.3 Å². The Balaban J connectivity index is 1.80. The summed E-state index contributed by atoms with van der Waals surface area (Å²) >= 11 is 0. The molecule has 0 unspecified atom stereocenters. The van der Waals surface area contributed by atoms with Gasteiger partial charge in [-0.2, -0.15) is 0 Å². The average Bonchev–Trinajstić information content (AvgIpc) is 2.98. The largest absolute Gasteiger partial charge is 0.436 e. The third-order valence-corrected chi connectivity index (χ3v) is 3.75. The fourth-order valence-corrected chi connectivity index (χ4v) is 2.14. The van der Waals surface area contributed by atoms with Crippen molar-refractivity contribution in [3.8, 4) is 11.5 Å². The number of carbonyl (C=O) groups excluding carboxylic acids is 1. The molecule has 2 aromatic carbocycles. The lowest BCUT2D eigenvalue weighted by molar-refractivity contribution is -0.119. The number of carbonyl (C=O) groups is 1. The summed E-state index contributed by atoms with van der Waals surface area (Å²) in [6.45, 7) is 3.92. The Kier molecular flexibility index (Phi) is 3.92. The number of rotatable bonds is 4. The second-order valence-electron chi connectivity index (χ2n) is 5.36. The molecule has 0 saturated carbocycles. The molecule has 112 valence electrons. The number of aromatic nitrogens is 1. The predicted octanol–water partition coefficient (Wildman–Crippen LogP) is 4.48. The SMILES string of the molecule is CC[C@H](C)C(=O)Nc1ccc(-c2nc3ccccc3o2)cc1. The number of hydrogen-bond donors (Lipinski definition) is 1. The summed E-state index contributed by atoms with van der Waals surface area (Å²) in [5, 5.41) is 2.91. The second kappa shape index (κ2) is 6.02. The Hall–Kier alpha value is -2.62. The molecule has 0 aliphatic carbocycles. The summed E-state index contributed by atoms with van der Waals surface area (Å²) < 4.78 is 5.73. The van der Waals surface area contributed by atoms with E-state index >= 15 is 0 Å². The van der Waals surface area contributed by atoms with Gasteiger partial charge in [0.15, 0.2) is 5.58 Å². The summed E-state index contributed by atoms with van der Waals surface area (Å²) in [4.78, 5) is 16.3. The molecule has 1 N–H and O–H groups in total. The summed E-state index contributed by atoms with van der Waals surface area (Å²) in [6, 6.07) is 15.2. The van der Waals surface area contributed by atoms with Crippen LogP contribution in [0.1, 0.15) is 20.3 Å². The van der Waals surface area contributed by atoms with Gasteiger partial charge >= 0.3 is 0 Å². The number of oxazole rings is 1. The van der Waals surface area contributed by atoms with E-state index in [-0.39, 0.29) is 11.8 Å². The van der Waals surface area contributed by atoms with Crippen molar-refractivity contribution in [1.29, 1.82) is 0 Å². The van der Waals surface area contributed by atoms with Crippen LogP contribution in [0.3, 0.4) is 0 Å². The van der Waals surface area contributed by atoms with Crippen LogP contribution in [0, 0.1) is 5.92 Å². The molecule has 0 spiro atoms. The lowest BCUT2D eigenvalue weighted by Crippen LogP contribution is -2.19. The van der Waals surface area contributed by atoms with Crippen LogP contribution in [0.15, 0.2) is 52.9 Å². The zero-order chi connectivity index (χ0) is 15.5. The first-order valence-electron chi connectivity index (χ1n) is 7.44.